The maximum Gasteiger partial charge on any atom is 0.320 e. The first-order chi connectivity index (χ1) is 58.6. The number of nitrogens with zero attached hydrogens (tertiary/aromatic N) is 14. The van der Waals surface area contributed by atoms with Gasteiger partial charge < -0.3 is 132 Å². The number of nitrogens with two attached hydrogens (primary N) is 11. The van der Waals surface area contributed by atoms with Crippen molar-refractivity contribution in [2.45, 2.75) is 303 Å². The normalized spacial score (nSPS) is 19.9. The van der Waals surface area contributed by atoms with Gasteiger partial charge in [0.2, 0.25) is 43.7 Å². The molecule has 4 amide bonds. The summed E-state index contributed by atoms with van der Waals surface area (Å²) in [6.45, 7) is 29.8. The summed E-state index contributed by atoms with van der Waals surface area (Å²) in [6, 6.07) is 5.62. The lowest BCUT2D eigenvalue weighted by molar-refractivity contribution is -0.144. The number of β-amino-alcohol motifs (C(OH)–C–C–N with tert-alkyl or cyclic N) is 1. The van der Waals surface area contributed by atoms with Gasteiger partial charge in [0.05, 0.1) is 58.0 Å². The van der Waals surface area contributed by atoms with E-state index in [0.29, 0.717) is 108 Å². The SMILES string of the molecule is C.C.C.C.C.C.C.C.C.C.C.CC(=O)N1CCC(N)CC1.CCOC(=O)CN1CCC(N)CC1.CN(C)CC(=O)N1CCC(N)CC1.CN(C)CCN1CCC(N)CC1.COCC(=O)N1CCC(N)CC1.COCCN1CCC(N)CC1.CS(=O)(=O)N1CCC(N)CC1.CS(=O)(=O)N1CCC(N)CC1.N#CCN1CCC(N)CC1.NC1CCN(C(=O)CO)CC1.NC1CCN(CCO)CC1. The summed E-state index contributed by atoms with van der Waals surface area (Å²) in [4.78, 5) is 78.4. The van der Waals surface area contributed by atoms with Crippen LogP contribution in [0.5, 0.6) is 0 Å². The number of hydrogen-bond acceptors (Lipinski definition) is 33. The maximum absolute atomic E-state index is 11.6. The van der Waals surface area contributed by atoms with E-state index in [1.165, 1.54) is 60.7 Å². The van der Waals surface area contributed by atoms with Crippen molar-refractivity contribution in [2.24, 2.45) is 63.1 Å². The van der Waals surface area contributed by atoms with Crippen molar-refractivity contribution in [1.82, 2.24) is 62.5 Å². The van der Waals surface area contributed by atoms with E-state index in [1.807, 2.05) is 40.6 Å². The van der Waals surface area contributed by atoms with Gasteiger partial charge in [-0.2, -0.15) is 5.26 Å². The number of likely N-dealkylation sites (N-methyl/N-ethyl adjacent to an activating group) is 2. The molecule has 0 atom stereocenters. The van der Waals surface area contributed by atoms with Crippen LogP contribution in [0.4, 0.5) is 0 Å². The molecule has 11 rings (SSSR count). The Hall–Kier alpha value is -4.22. The lowest BCUT2D eigenvalue weighted by Crippen LogP contribution is -2.45. The van der Waals surface area contributed by atoms with Gasteiger partial charge in [-0.3, -0.25) is 33.8 Å². The molecule has 0 aliphatic carbocycles. The molecule has 41 heteroatoms. The highest BCUT2D eigenvalue weighted by molar-refractivity contribution is 7.88. The average molecular weight is 1990 g/mol. The zero-order chi connectivity index (χ0) is 93.2. The second-order valence-electron chi connectivity index (χ2n) is 35.1. The molecule has 0 radical (unpaired) electrons. The molecule has 11 aliphatic heterocycles. The monoisotopic (exact) mass is 1990 g/mol. The van der Waals surface area contributed by atoms with Crippen molar-refractivity contribution in [3.63, 3.8) is 0 Å². The summed E-state index contributed by atoms with van der Waals surface area (Å²) in [5.74, 6) is 0.156. The topological polar surface area (TPSA) is 574 Å². The number of amides is 4. The number of ether oxygens (including phenoxy) is 3. The molecule has 0 spiro atoms. The minimum atomic E-state index is -2.97. The zero-order valence-corrected chi connectivity index (χ0v) is 79.8. The Morgan fingerprint density at radius 3 is 0.874 bits per heavy atom. The van der Waals surface area contributed by atoms with Crippen molar-refractivity contribution in [3.8, 4) is 6.07 Å². The number of sulfonamides is 2. The summed E-state index contributed by atoms with van der Waals surface area (Å²) in [7, 11) is 5.40. The van der Waals surface area contributed by atoms with Gasteiger partial charge in [-0.1, -0.05) is 81.7 Å². The van der Waals surface area contributed by atoms with Gasteiger partial charge in [0.1, 0.15) is 13.2 Å². The third kappa shape index (κ3) is 78.0. The number of carbonyl (C=O) groups excluding carboxylic acids is 5. The second kappa shape index (κ2) is 89.8. The van der Waals surface area contributed by atoms with E-state index in [9.17, 15) is 40.8 Å². The second-order valence-corrected chi connectivity index (χ2v) is 39.0. The number of aliphatic hydroxyl groups excluding tert-OH is 2. The van der Waals surface area contributed by atoms with Gasteiger partial charge in [0.15, 0.2) is 0 Å². The standard InChI is InChI=1S/C9H19N3O.C9H21N3.C9H18N2O2.C8H16N2O2.C8H18N2O.C7H13N3.C7H14N2O2.C7H14N2O.C7H16N2O.2C6H14N2O2S.11CH4/c1-11(2)7-9(13)12-5-3-8(10)4-6-12;1-11(2)7-8-12-5-3-9(10)4-6-12;1-2-13-9(12)7-11-5-3-8(10)4-6-11;1-12-6-8(11)10-4-2-7(9)3-5-10;1-11-7-6-10-4-2-8(9)3-5-10;8-3-6-10-4-1-7(9)2-5-10;8-6-1-3-9(4-2-6)7(11)5-10;1-6(10)9-4-2-7(8)3-5-9;8-7-1-3-9(4-2-7)5-6-10;2*1-11(9,10)8-4-2-6(7)3-5-8;;;;;;;;;;;/h8H,3-7,10H2,1-2H3;9H,3-8,10H2,1-2H3;8H,2-7,10H2,1H3;7H,2-6,9H2,1H3;8H,2-7,9H2,1H3;7H,1-2,4-6,9H2;6,10H,1-5,8H2;7H,2-5,8H2,1H3;7,10H,1-6,8H2;2*6H,2-5,7H2,1H3;11*1H4. The molecule has 0 bridgehead atoms. The van der Waals surface area contributed by atoms with Crippen molar-refractivity contribution in [2.75, 3.05) is 278 Å². The van der Waals surface area contributed by atoms with E-state index in [0.717, 1.165) is 246 Å². The first-order valence-corrected chi connectivity index (χ1v) is 49.3. The fraction of sp³-hybridized carbons (Fsp3) is 0.936. The quantitative estimate of drug-likeness (QED) is 0.0653. The van der Waals surface area contributed by atoms with Crippen LogP contribution in [0.15, 0.2) is 0 Å². The number of rotatable bonds is 19. The number of methoxy groups -OCH3 is 2. The lowest BCUT2D eigenvalue weighted by Gasteiger charge is -2.30. The molecule has 0 aromatic carbocycles. The van der Waals surface area contributed by atoms with Gasteiger partial charge in [-0.05, 0) is 216 Å². The molecular formula is C94H221N25O14S2. The van der Waals surface area contributed by atoms with Crippen LogP contribution >= 0.6 is 0 Å². The van der Waals surface area contributed by atoms with E-state index in [1.54, 1.807) is 18.9 Å². The van der Waals surface area contributed by atoms with E-state index in [-0.39, 0.29) is 155 Å². The number of nitriles is 1. The summed E-state index contributed by atoms with van der Waals surface area (Å²) in [6.07, 6.45) is 23.8. The first kappa shape index (κ1) is 154. The highest BCUT2D eigenvalue weighted by atomic mass is 32.2. The molecule has 818 valence electrons. The number of hydrogen-bond donors (Lipinski definition) is 13. The van der Waals surface area contributed by atoms with Gasteiger partial charge >= 0.3 is 5.97 Å². The van der Waals surface area contributed by atoms with Crippen LogP contribution in [-0.2, 0) is 58.2 Å². The van der Waals surface area contributed by atoms with Crippen LogP contribution in [0.3, 0.4) is 0 Å². The molecule has 11 heterocycles. The number of likely N-dealkylation sites (tertiary alicyclic amines) is 9. The highest BCUT2D eigenvalue weighted by Crippen LogP contribution is 2.17. The van der Waals surface area contributed by atoms with Crippen molar-refractivity contribution >= 4 is 49.6 Å². The number of aliphatic hydroxyl groups is 2. The van der Waals surface area contributed by atoms with Gasteiger partial charge in [-0.15, -0.1) is 0 Å². The van der Waals surface area contributed by atoms with Gasteiger partial charge in [0, 0.05) is 218 Å². The van der Waals surface area contributed by atoms with Crippen molar-refractivity contribution in [3.05, 3.63) is 0 Å². The minimum Gasteiger partial charge on any atom is -0.465 e. The molecule has 11 aliphatic rings. The number of piperidine rings is 11. The van der Waals surface area contributed by atoms with Crippen LogP contribution < -0.4 is 63.1 Å². The summed E-state index contributed by atoms with van der Waals surface area (Å²) in [5, 5.41) is 25.5. The van der Waals surface area contributed by atoms with Crippen LogP contribution in [0.1, 0.15) is 237 Å². The zero-order valence-electron chi connectivity index (χ0n) is 78.2. The molecular weight excluding hydrogens is 1770 g/mol. The van der Waals surface area contributed by atoms with Crippen molar-refractivity contribution in [1.29, 1.82) is 5.26 Å². The predicted octanol–water partition coefficient (Wildman–Crippen LogP) is 3.03. The average Bonchev–Trinajstić information content (AvgIpc) is 0.865. The third-order valence-electron chi connectivity index (χ3n) is 23.5. The van der Waals surface area contributed by atoms with Crippen LogP contribution in [0.25, 0.3) is 0 Å². The molecule has 0 unspecified atom stereocenters. The molecule has 0 aromatic heterocycles. The van der Waals surface area contributed by atoms with Crippen LogP contribution in [0.2, 0.25) is 0 Å². The van der Waals surface area contributed by atoms with Crippen molar-refractivity contribution < 1.29 is 65.2 Å². The largest absolute Gasteiger partial charge is 0.465 e. The molecule has 11 saturated heterocycles. The number of esters is 1. The predicted molar refractivity (Wildman–Crippen MR) is 568 cm³/mol. The highest BCUT2D eigenvalue weighted by Gasteiger charge is 2.28. The summed E-state index contributed by atoms with van der Waals surface area (Å²) < 4.78 is 61.5. The fourth-order valence-electron chi connectivity index (χ4n) is 14.7. The minimum absolute atomic E-state index is 0. The smallest absolute Gasteiger partial charge is 0.320 e. The van der Waals surface area contributed by atoms with Crippen LogP contribution in [-0.4, -0.2) is 463 Å². The van der Waals surface area contributed by atoms with E-state index >= 15 is 0 Å². The molecule has 0 aromatic rings. The summed E-state index contributed by atoms with van der Waals surface area (Å²) >= 11 is 0. The Morgan fingerprint density at radius 2 is 0.622 bits per heavy atom. The van der Waals surface area contributed by atoms with E-state index in [2.05, 4.69) is 49.6 Å². The van der Waals surface area contributed by atoms with Gasteiger partial charge in [-0.25, -0.2) is 25.4 Å². The van der Waals surface area contributed by atoms with E-state index < -0.39 is 20.0 Å². The molecule has 39 nitrogen and oxygen atoms in total. The Morgan fingerprint density at radius 1 is 0.363 bits per heavy atom. The lowest BCUT2D eigenvalue weighted by atomic mass is 10.1. The Balaban J connectivity index is -0.000000138. The maximum atomic E-state index is 11.6. The summed E-state index contributed by atoms with van der Waals surface area (Å²) in [5.41, 5.74) is 62.7. The Kier molecular flexibility index (Phi) is 102. The molecule has 0 saturated carbocycles. The first-order valence-electron chi connectivity index (χ1n) is 45.6. The van der Waals surface area contributed by atoms with Crippen LogP contribution in [0, 0.1) is 11.3 Å². The number of carbonyl (C=O) groups is 5. The fourth-order valence-corrected chi connectivity index (χ4v) is 16.5. The Labute approximate surface area is 828 Å². The molecule has 11 fully saturated rings. The third-order valence-corrected chi connectivity index (χ3v) is 26.1. The van der Waals surface area contributed by atoms with E-state index in [4.69, 9.17) is 92.8 Å². The molecule has 135 heavy (non-hydrogen) atoms. The molecule has 24 N–H and O–H groups in total. The Bertz CT molecular complexity index is 2940. The van der Waals surface area contributed by atoms with Gasteiger partial charge in [0.25, 0.3) is 0 Å².